The number of halogens is 1. The number of amides is 1. The first kappa shape index (κ1) is 29.2. The zero-order chi connectivity index (χ0) is 27.4. The summed E-state index contributed by atoms with van der Waals surface area (Å²) in [7, 11) is 0. The van der Waals surface area contributed by atoms with Crippen LogP contribution in [-0.2, 0) is 47.7 Å². The monoisotopic (exact) mass is 635 g/mol. The zero-order valence-corrected chi connectivity index (χ0v) is 24.0. The molecule has 0 aliphatic carbocycles. The van der Waals surface area contributed by atoms with Crippen LogP contribution in [0.1, 0.15) is 32.6 Å². The van der Waals surface area contributed by atoms with Crippen LogP contribution < -0.4 is 0 Å². The van der Waals surface area contributed by atoms with Crippen molar-refractivity contribution in [2.75, 3.05) is 6.61 Å². The van der Waals surface area contributed by atoms with Crippen molar-refractivity contribution in [1.29, 1.82) is 0 Å². The van der Waals surface area contributed by atoms with Crippen molar-refractivity contribution in [1.82, 2.24) is 4.90 Å². The molecule has 3 heterocycles. The second-order valence-corrected chi connectivity index (χ2v) is 12.0. The number of rotatable bonds is 7. The van der Waals surface area contributed by atoms with E-state index < -0.39 is 67.0 Å². The number of esters is 4. The maximum atomic E-state index is 13.5. The van der Waals surface area contributed by atoms with Crippen LogP contribution >= 0.6 is 51.2 Å². The molecule has 2 fully saturated rings. The Hall–Kier alpha value is -2.33. The molecule has 11 nitrogen and oxygen atoms in total. The Kier molecular flexibility index (Phi) is 9.86. The quantitative estimate of drug-likeness (QED) is 0.189. The van der Waals surface area contributed by atoms with Crippen LogP contribution in [0.5, 0.6) is 0 Å². The molecule has 0 saturated carbocycles. The summed E-state index contributed by atoms with van der Waals surface area (Å²) >= 11 is 11.2. The van der Waals surface area contributed by atoms with Crippen molar-refractivity contribution >= 4 is 91.4 Å². The molecule has 2 saturated heterocycles. The lowest BCUT2D eigenvalue weighted by atomic mass is 9.96. The van der Waals surface area contributed by atoms with Gasteiger partial charge >= 0.3 is 23.9 Å². The van der Waals surface area contributed by atoms with Crippen molar-refractivity contribution in [3.05, 3.63) is 25.7 Å². The van der Waals surface area contributed by atoms with Gasteiger partial charge in [0.25, 0.3) is 5.91 Å². The highest BCUT2D eigenvalue weighted by Crippen LogP contribution is 2.40. The number of carbonyl (C=O) groups excluding carboxylic acids is 5. The number of thiophene rings is 1. The molecule has 1 aromatic rings. The largest absolute Gasteiger partial charge is 0.463 e. The van der Waals surface area contributed by atoms with Crippen molar-refractivity contribution in [3.63, 3.8) is 0 Å². The SMILES string of the molecule is CC(=O)OC[C@@H]1O[C@@H](N2C(=O)/C(=C\c3ccc(Br)s3)SC2=S)[C@@H](OC(C)=O)[C@@H](OC(C)=O)[C@H]1OC(C)=O. The van der Waals surface area contributed by atoms with Crippen LogP contribution in [0.3, 0.4) is 0 Å². The summed E-state index contributed by atoms with van der Waals surface area (Å²) < 4.78 is 28.3. The highest BCUT2D eigenvalue weighted by atomic mass is 79.9. The minimum atomic E-state index is -1.43. The Morgan fingerprint density at radius 1 is 1.00 bits per heavy atom. The molecule has 5 atom stereocenters. The van der Waals surface area contributed by atoms with Gasteiger partial charge in [0.2, 0.25) is 0 Å². The second kappa shape index (κ2) is 12.5. The van der Waals surface area contributed by atoms with E-state index in [1.165, 1.54) is 18.3 Å². The second-order valence-electron chi connectivity index (χ2n) is 7.78. The molecule has 0 radical (unpaired) electrons. The number of hydrogen-bond acceptors (Lipinski definition) is 13. The third kappa shape index (κ3) is 7.37. The topological polar surface area (TPSA) is 135 Å². The molecule has 2 aliphatic heterocycles. The molecule has 0 bridgehead atoms. The number of carbonyl (C=O) groups is 5. The first-order valence-corrected chi connectivity index (χ1v) is 13.5. The standard InChI is InChI=1S/C22H22BrNO10S3/c1-9(25)30-8-14-17(31-10(2)26)18(32-11(3)27)19(33-12(4)28)21(34-14)24-20(29)15(37-22(24)35)7-13-5-6-16(23)36-13/h5-7,14,17-19,21H,8H2,1-4H3/b15-7+/t14-,17-,18-,19-,21+/m0/s1. The smallest absolute Gasteiger partial charge is 0.303 e. The van der Waals surface area contributed by atoms with E-state index in [2.05, 4.69) is 15.9 Å². The fourth-order valence-electron chi connectivity index (χ4n) is 3.65. The van der Waals surface area contributed by atoms with E-state index in [0.717, 1.165) is 46.1 Å². The number of ether oxygens (including phenoxy) is 5. The van der Waals surface area contributed by atoms with Gasteiger partial charge in [0.1, 0.15) is 12.7 Å². The number of thiocarbonyl (C=S) groups is 1. The van der Waals surface area contributed by atoms with Gasteiger partial charge in [0.05, 0.1) is 8.69 Å². The molecule has 15 heteroatoms. The van der Waals surface area contributed by atoms with Crippen molar-refractivity contribution in [2.24, 2.45) is 0 Å². The third-order valence-corrected chi connectivity index (χ3v) is 7.81. The minimum absolute atomic E-state index is 0.0905. The van der Waals surface area contributed by atoms with Crippen LogP contribution in [0.15, 0.2) is 20.8 Å². The maximum absolute atomic E-state index is 13.5. The predicted molar refractivity (Wildman–Crippen MR) is 139 cm³/mol. The Labute approximate surface area is 233 Å². The van der Waals surface area contributed by atoms with E-state index >= 15 is 0 Å². The lowest BCUT2D eigenvalue weighted by Gasteiger charge is -2.46. The first-order valence-electron chi connectivity index (χ1n) is 10.7. The molecule has 1 aromatic heterocycles. The van der Waals surface area contributed by atoms with E-state index in [1.54, 1.807) is 6.08 Å². The van der Waals surface area contributed by atoms with Crippen LogP contribution in [0.4, 0.5) is 0 Å². The van der Waals surface area contributed by atoms with Gasteiger partial charge in [-0.2, -0.15) is 0 Å². The van der Waals surface area contributed by atoms with Gasteiger partial charge in [-0.15, -0.1) is 11.3 Å². The van der Waals surface area contributed by atoms with E-state index in [0.29, 0.717) is 0 Å². The summed E-state index contributed by atoms with van der Waals surface area (Å²) in [6.07, 6.45) is -5.12. The average molecular weight is 637 g/mol. The molecule has 0 spiro atoms. The Morgan fingerprint density at radius 2 is 1.59 bits per heavy atom. The van der Waals surface area contributed by atoms with Crippen LogP contribution in [0.25, 0.3) is 6.08 Å². The molecule has 0 N–H and O–H groups in total. The lowest BCUT2D eigenvalue weighted by Crippen LogP contribution is -2.66. The van der Waals surface area contributed by atoms with Gasteiger partial charge in [-0.1, -0.05) is 24.0 Å². The highest BCUT2D eigenvalue weighted by molar-refractivity contribution is 9.11. The van der Waals surface area contributed by atoms with Gasteiger partial charge < -0.3 is 23.7 Å². The maximum Gasteiger partial charge on any atom is 0.303 e. The van der Waals surface area contributed by atoms with Gasteiger partial charge in [0.15, 0.2) is 28.9 Å². The highest BCUT2D eigenvalue weighted by Gasteiger charge is 2.56. The van der Waals surface area contributed by atoms with Crippen molar-refractivity contribution in [2.45, 2.75) is 58.3 Å². The van der Waals surface area contributed by atoms with Gasteiger partial charge in [-0.05, 0) is 34.1 Å². The molecule has 1 amide bonds. The van der Waals surface area contributed by atoms with E-state index in [-0.39, 0.29) is 9.23 Å². The summed E-state index contributed by atoms with van der Waals surface area (Å²) in [5.41, 5.74) is 0. The fraction of sp³-hybridized carbons (Fsp3) is 0.455. The minimum Gasteiger partial charge on any atom is -0.463 e. The van der Waals surface area contributed by atoms with E-state index in [4.69, 9.17) is 35.9 Å². The van der Waals surface area contributed by atoms with Gasteiger partial charge in [-0.25, -0.2) is 0 Å². The van der Waals surface area contributed by atoms with Crippen LogP contribution in [0, 0.1) is 0 Å². The number of thioether (sulfide) groups is 1. The molecular formula is C22H22BrNO10S3. The molecule has 0 aromatic carbocycles. The Bertz CT molecular complexity index is 1150. The summed E-state index contributed by atoms with van der Waals surface area (Å²) in [5, 5.41) is 0. The van der Waals surface area contributed by atoms with Gasteiger partial charge in [0, 0.05) is 32.6 Å². The summed E-state index contributed by atoms with van der Waals surface area (Å²) in [5.74, 6) is -3.50. The van der Waals surface area contributed by atoms with E-state index in [9.17, 15) is 24.0 Å². The molecule has 3 rings (SSSR count). The summed E-state index contributed by atoms with van der Waals surface area (Å²) in [6, 6.07) is 3.65. The average Bonchev–Trinajstić information content (AvgIpc) is 3.30. The zero-order valence-electron chi connectivity index (χ0n) is 20.0. The van der Waals surface area contributed by atoms with Crippen molar-refractivity contribution < 1.29 is 47.7 Å². The Balaban J connectivity index is 2.05. The third-order valence-electron chi connectivity index (χ3n) is 4.91. The van der Waals surface area contributed by atoms with Gasteiger partial charge in [-0.3, -0.25) is 28.9 Å². The molecule has 2 aliphatic rings. The predicted octanol–water partition coefficient (Wildman–Crippen LogP) is 2.79. The number of hydrogen-bond donors (Lipinski definition) is 0. The molecular weight excluding hydrogens is 614 g/mol. The lowest BCUT2D eigenvalue weighted by molar-refractivity contribution is -0.268. The molecule has 0 unspecified atom stereocenters. The fourth-order valence-corrected chi connectivity index (χ4v) is 6.39. The van der Waals surface area contributed by atoms with Crippen LogP contribution in [-0.4, -0.2) is 76.3 Å². The molecule has 200 valence electrons. The normalized spacial score (nSPS) is 26.7. The number of nitrogens with zero attached hydrogens (tertiary/aromatic N) is 1. The van der Waals surface area contributed by atoms with Crippen molar-refractivity contribution in [3.8, 4) is 0 Å². The Morgan fingerprint density at radius 3 is 2.14 bits per heavy atom. The first-order chi connectivity index (χ1) is 17.4. The summed E-state index contributed by atoms with van der Waals surface area (Å²) in [6.45, 7) is 4.11. The van der Waals surface area contributed by atoms with Crippen LogP contribution in [0.2, 0.25) is 0 Å². The van der Waals surface area contributed by atoms with E-state index in [1.807, 2.05) is 12.1 Å². The molecule has 37 heavy (non-hydrogen) atoms. The summed E-state index contributed by atoms with van der Waals surface area (Å²) in [4.78, 5) is 63.1.